The van der Waals surface area contributed by atoms with E-state index in [2.05, 4.69) is 64.1 Å². The minimum absolute atomic E-state index is 0.799. The van der Waals surface area contributed by atoms with Crippen LogP contribution >= 0.6 is 0 Å². The van der Waals surface area contributed by atoms with Gasteiger partial charge in [-0.15, -0.1) is 0 Å². The van der Waals surface area contributed by atoms with E-state index in [1.54, 1.807) is 0 Å². The predicted octanol–water partition coefficient (Wildman–Crippen LogP) is 3.38. The summed E-state index contributed by atoms with van der Waals surface area (Å²) in [5.41, 5.74) is 2.63. The normalized spacial score (nSPS) is 16.4. The fourth-order valence-electron chi connectivity index (χ4n) is 3.63. The molecule has 0 aliphatic carbocycles. The third kappa shape index (κ3) is 5.62. The number of aryl methyl sites for hydroxylation is 1. The molecule has 0 unspecified atom stereocenters. The maximum Gasteiger partial charge on any atom is 0.127 e. The standard InChI is InChI=1S/C21H30N4/c1-3-21-22-13-20(14-23-21)16-24(2)15-19-9-11-25(12-10-19)17-18-7-5-4-6-8-18/h4-8,13-14,19H,3,9-12,15-17H2,1-2H3. The molecule has 0 atom stereocenters. The molecular formula is C21H30N4. The van der Waals surface area contributed by atoms with E-state index < -0.39 is 0 Å². The Hall–Kier alpha value is -1.78. The summed E-state index contributed by atoms with van der Waals surface area (Å²) < 4.78 is 0. The van der Waals surface area contributed by atoms with Crippen molar-refractivity contribution in [3.8, 4) is 0 Å². The lowest BCUT2D eigenvalue weighted by Crippen LogP contribution is -2.37. The average Bonchev–Trinajstić information content (AvgIpc) is 2.65. The van der Waals surface area contributed by atoms with Crippen LogP contribution in [0.4, 0.5) is 0 Å². The Kier molecular flexibility index (Phi) is 6.54. The van der Waals surface area contributed by atoms with Gasteiger partial charge in [-0.25, -0.2) is 9.97 Å². The van der Waals surface area contributed by atoms with Crippen molar-refractivity contribution in [3.63, 3.8) is 0 Å². The fourth-order valence-corrected chi connectivity index (χ4v) is 3.63. The molecule has 1 saturated heterocycles. The highest BCUT2D eigenvalue weighted by molar-refractivity contribution is 5.14. The highest BCUT2D eigenvalue weighted by Crippen LogP contribution is 2.20. The molecule has 0 amide bonds. The number of hydrogen-bond donors (Lipinski definition) is 0. The van der Waals surface area contributed by atoms with Gasteiger partial charge < -0.3 is 4.90 Å². The summed E-state index contributed by atoms with van der Waals surface area (Å²) in [7, 11) is 2.21. The van der Waals surface area contributed by atoms with Crippen LogP contribution in [0.15, 0.2) is 42.7 Å². The molecule has 0 bridgehead atoms. The third-order valence-corrected chi connectivity index (χ3v) is 5.05. The predicted molar refractivity (Wildman–Crippen MR) is 102 cm³/mol. The molecule has 4 heteroatoms. The Morgan fingerprint density at radius 1 is 1.04 bits per heavy atom. The van der Waals surface area contributed by atoms with Crippen LogP contribution in [0.1, 0.15) is 36.7 Å². The molecule has 0 N–H and O–H groups in total. The summed E-state index contributed by atoms with van der Waals surface area (Å²) in [6.07, 6.45) is 7.44. The molecule has 1 aromatic heterocycles. The minimum atomic E-state index is 0.799. The Balaban J connectivity index is 1.40. The van der Waals surface area contributed by atoms with Crippen molar-refractivity contribution >= 4 is 0 Å². The summed E-state index contributed by atoms with van der Waals surface area (Å²) in [4.78, 5) is 13.8. The zero-order chi connectivity index (χ0) is 17.5. The van der Waals surface area contributed by atoms with E-state index in [1.807, 2.05) is 12.4 Å². The fraction of sp³-hybridized carbons (Fsp3) is 0.524. The zero-order valence-electron chi connectivity index (χ0n) is 15.6. The van der Waals surface area contributed by atoms with Crippen molar-refractivity contribution in [1.29, 1.82) is 0 Å². The summed E-state index contributed by atoms with van der Waals surface area (Å²) >= 11 is 0. The number of hydrogen-bond acceptors (Lipinski definition) is 4. The zero-order valence-corrected chi connectivity index (χ0v) is 15.6. The van der Waals surface area contributed by atoms with Gasteiger partial charge in [-0.1, -0.05) is 37.3 Å². The third-order valence-electron chi connectivity index (χ3n) is 5.05. The second kappa shape index (κ2) is 9.07. The number of likely N-dealkylation sites (tertiary alicyclic amines) is 1. The van der Waals surface area contributed by atoms with Crippen molar-refractivity contribution in [1.82, 2.24) is 19.8 Å². The van der Waals surface area contributed by atoms with Crippen LogP contribution in [0.25, 0.3) is 0 Å². The topological polar surface area (TPSA) is 32.3 Å². The molecule has 0 radical (unpaired) electrons. The van der Waals surface area contributed by atoms with Crippen LogP contribution in [-0.2, 0) is 19.5 Å². The van der Waals surface area contributed by atoms with E-state index in [0.29, 0.717) is 0 Å². The summed E-state index contributed by atoms with van der Waals surface area (Å²) in [5.74, 6) is 1.73. The van der Waals surface area contributed by atoms with Gasteiger partial charge in [0, 0.05) is 44.0 Å². The highest BCUT2D eigenvalue weighted by Gasteiger charge is 2.20. The first-order valence-electron chi connectivity index (χ1n) is 9.47. The maximum absolute atomic E-state index is 4.40. The molecule has 2 heterocycles. The van der Waals surface area contributed by atoms with E-state index in [4.69, 9.17) is 0 Å². The van der Waals surface area contributed by atoms with E-state index in [0.717, 1.165) is 37.8 Å². The van der Waals surface area contributed by atoms with Crippen LogP contribution in [0.2, 0.25) is 0 Å². The van der Waals surface area contributed by atoms with Crippen LogP contribution in [-0.4, -0.2) is 46.4 Å². The van der Waals surface area contributed by atoms with Gasteiger partial charge in [0.15, 0.2) is 0 Å². The molecule has 2 aromatic rings. The molecule has 1 fully saturated rings. The van der Waals surface area contributed by atoms with E-state index >= 15 is 0 Å². The summed E-state index contributed by atoms with van der Waals surface area (Å²) in [6, 6.07) is 10.8. The number of rotatable bonds is 7. The Bertz CT molecular complexity index is 618. The van der Waals surface area contributed by atoms with Crippen molar-refractivity contribution in [2.24, 2.45) is 5.92 Å². The lowest BCUT2D eigenvalue weighted by Gasteiger charge is -2.34. The van der Waals surface area contributed by atoms with Crippen LogP contribution in [0, 0.1) is 5.92 Å². The smallest absolute Gasteiger partial charge is 0.127 e. The van der Waals surface area contributed by atoms with Gasteiger partial charge in [0.2, 0.25) is 0 Å². The van der Waals surface area contributed by atoms with Crippen LogP contribution < -0.4 is 0 Å². The van der Waals surface area contributed by atoms with Crippen molar-refractivity contribution in [3.05, 3.63) is 59.7 Å². The van der Waals surface area contributed by atoms with Gasteiger partial charge in [0.1, 0.15) is 5.82 Å². The SMILES string of the molecule is CCc1ncc(CN(C)CC2CCN(Cc3ccccc3)CC2)cn1. The molecule has 1 aromatic carbocycles. The highest BCUT2D eigenvalue weighted by atomic mass is 15.1. The molecule has 1 aliphatic heterocycles. The number of nitrogens with zero attached hydrogens (tertiary/aromatic N) is 4. The molecule has 1 aliphatic rings. The Morgan fingerprint density at radius 3 is 2.36 bits per heavy atom. The molecular weight excluding hydrogens is 308 g/mol. The Morgan fingerprint density at radius 2 is 1.72 bits per heavy atom. The monoisotopic (exact) mass is 338 g/mol. The quantitative estimate of drug-likeness (QED) is 0.775. The lowest BCUT2D eigenvalue weighted by molar-refractivity contribution is 0.147. The lowest BCUT2D eigenvalue weighted by atomic mass is 9.96. The number of piperidine rings is 1. The average molecular weight is 338 g/mol. The van der Waals surface area contributed by atoms with E-state index in [-0.39, 0.29) is 0 Å². The summed E-state index contributed by atoms with van der Waals surface area (Å²) in [5, 5.41) is 0. The molecule has 0 spiro atoms. The molecule has 25 heavy (non-hydrogen) atoms. The van der Waals surface area contributed by atoms with Gasteiger partial charge in [0.05, 0.1) is 0 Å². The molecule has 3 rings (SSSR count). The van der Waals surface area contributed by atoms with Crippen molar-refractivity contribution in [2.45, 2.75) is 39.3 Å². The van der Waals surface area contributed by atoms with Gasteiger partial charge in [-0.3, -0.25) is 4.90 Å². The first kappa shape index (κ1) is 18.0. The summed E-state index contributed by atoms with van der Waals surface area (Å²) in [6.45, 7) is 7.70. The second-order valence-corrected chi connectivity index (χ2v) is 7.26. The second-order valence-electron chi connectivity index (χ2n) is 7.26. The van der Waals surface area contributed by atoms with Gasteiger partial charge in [0.25, 0.3) is 0 Å². The minimum Gasteiger partial charge on any atom is -0.302 e. The first-order chi connectivity index (χ1) is 12.2. The van der Waals surface area contributed by atoms with Gasteiger partial charge in [-0.2, -0.15) is 0 Å². The van der Waals surface area contributed by atoms with Gasteiger partial charge >= 0.3 is 0 Å². The molecule has 4 nitrogen and oxygen atoms in total. The first-order valence-corrected chi connectivity index (χ1v) is 9.47. The van der Waals surface area contributed by atoms with Crippen molar-refractivity contribution in [2.75, 3.05) is 26.7 Å². The van der Waals surface area contributed by atoms with E-state index in [9.17, 15) is 0 Å². The number of benzene rings is 1. The number of aromatic nitrogens is 2. The maximum atomic E-state index is 4.40. The van der Waals surface area contributed by atoms with Crippen LogP contribution in [0.3, 0.4) is 0 Å². The largest absolute Gasteiger partial charge is 0.302 e. The van der Waals surface area contributed by atoms with E-state index in [1.165, 1.54) is 37.1 Å². The van der Waals surface area contributed by atoms with Gasteiger partial charge in [-0.05, 0) is 44.5 Å². The molecule has 134 valence electrons. The van der Waals surface area contributed by atoms with Crippen LogP contribution in [0.5, 0.6) is 0 Å². The molecule has 0 saturated carbocycles. The van der Waals surface area contributed by atoms with Crippen molar-refractivity contribution < 1.29 is 0 Å². The Labute approximate surface area is 151 Å².